The van der Waals surface area contributed by atoms with Gasteiger partial charge in [-0.25, -0.2) is 4.79 Å². The third kappa shape index (κ3) is 4.23. The number of fused-ring (bicyclic) bond motifs is 1. The zero-order chi connectivity index (χ0) is 20.4. The lowest BCUT2D eigenvalue weighted by atomic mass is 10.0. The van der Waals surface area contributed by atoms with Gasteiger partial charge in [0.05, 0.1) is 0 Å². The number of hydrogen-bond donors (Lipinski definition) is 2. The van der Waals surface area contributed by atoms with Crippen molar-refractivity contribution in [2.75, 3.05) is 26.2 Å². The molecule has 6 heteroatoms. The van der Waals surface area contributed by atoms with Crippen molar-refractivity contribution in [1.29, 1.82) is 0 Å². The van der Waals surface area contributed by atoms with Crippen LogP contribution in [0.5, 0.6) is 5.75 Å². The third-order valence-electron chi connectivity index (χ3n) is 5.46. The quantitative estimate of drug-likeness (QED) is 0.513. The van der Waals surface area contributed by atoms with Crippen LogP contribution < -0.4 is 10.9 Å². The number of carbonyl (C=O) groups is 1. The zero-order valence-corrected chi connectivity index (χ0v) is 16.4. The molecule has 29 heavy (non-hydrogen) atoms. The van der Waals surface area contributed by atoms with Gasteiger partial charge in [-0.15, -0.1) is 0 Å². The van der Waals surface area contributed by atoms with Crippen molar-refractivity contribution in [3.05, 3.63) is 75.6 Å². The maximum absolute atomic E-state index is 12.7. The highest BCUT2D eigenvalue weighted by atomic mass is 16.4. The van der Waals surface area contributed by atoms with Crippen LogP contribution in [0.2, 0.25) is 0 Å². The van der Waals surface area contributed by atoms with Crippen LogP contribution in [0.3, 0.4) is 0 Å². The molecule has 0 radical (unpaired) electrons. The van der Waals surface area contributed by atoms with E-state index in [1.54, 1.807) is 19.1 Å². The molecule has 3 aromatic rings. The SMILES string of the molecule is Cc1cc(O)cc2oc(=O)c(C(=O)CCN3CCNC(c4ccccc4)C3)cc12. The molecule has 150 valence electrons. The molecule has 0 amide bonds. The van der Waals surface area contributed by atoms with Crippen LogP contribution in [0.1, 0.15) is 33.9 Å². The van der Waals surface area contributed by atoms with Gasteiger partial charge >= 0.3 is 5.63 Å². The number of phenolic OH excluding ortho intramolecular Hbond substituents is 1. The van der Waals surface area contributed by atoms with Gasteiger partial charge in [0, 0.05) is 50.1 Å². The largest absolute Gasteiger partial charge is 0.508 e. The van der Waals surface area contributed by atoms with E-state index < -0.39 is 5.63 Å². The highest BCUT2D eigenvalue weighted by molar-refractivity contribution is 5.98. The smallest absolute Gasteiger partial charge is 0.347 e. The minimum absolute atomic E-state index is 0.0314. The number of rotatable bonds is 5. The molecule has 1 fully saturated rings. The van der Waals surface area contributed by atoms with Gasteiger partial charge in [-0.1, -0.05) is 30.3 Å². The first-order valence-corrected chi connectivity index (χ1v) is 9.82. The molecule has 1 aliphatic heterocycles. The number of nitrogens with one attached hydrogen (secondary N) is 1. The van der Waals surface area contributed by atoms with E-state index in [9.17, 15) is 14.7 Å². The van der Waals surface area contributed by atoms with Crippen molar-refractivity contribution in [2.24, 2.45) is 0 Å². The number of carbonyl (C=O) groups excluding carboxylic acids is 1. The topological polar surface area (TPSA) is 82.8 Å². The van der Waals surface area contributed by atoms with Crippen molar-refractivity contribution in [2.45, 2.75) is 19.4 Å². The molecule has 0 spiro atoms. The van der Waals surface area contributed by atoms with E-state index in [0.29, 0.717) is 11.9 Å². The van der Waals surface area contributed by atoms with Crippen LogP contribution in [0.4, 0.5) is 0 Å². The van der Waals surface area contributed by atoms with Crippen molar-refractivity contribution in [1.82, 2.24) is 10.2 Å². The summed E-state index contributed by atoms with van der Waals surface area (Å²) in [5.74, 6) is -0.188. The lowest BCUT2D eigenvalue weighted by molar-refractivity contribution is 0.0950. The van der Waals surface area contributed by atoms with Gasteiger partial charge in [-0.3, -0.25) is 9.69 Å². The summed E-state index contributed by atoms with van der Waals surface area (Å²) in [5, 5.41) is 13.8. The molecule has 1 aliphatic rings. The van der Waals surface area contributed by atoms with Crippen LogP contribution >= 0.6 is 0 Å². The maximum atomic E-state index is 12.7. The van der Waals surface area contributed by atoms with Crippen LogP contribution in [0.25, 0.3) is 11.0 Å². The Morgan fingerprint density at radius 1 is 1.24 bits per heavy atom. The van der Waals surface area contributed by atoms with Crippen molar-refractivity contribution >= 4 is 16.8 Å². The molecule has 0 saturated carbocycles. The molecule has 1 atom stereocenters. The number of nitrogens with zero attached hydrogens (tertiary/aromatic N) is 1. The molecule has 2 N–H and O–H groups in total. The summed E-state index contributed by atoms with van der Waals surface area (Å²) < 4.78 is 5.28. The summed E-state index contributed by atoms with van der Waals surface area (Å²) in [6, 6.07) is 15.1. The van der Waals surface area contributed by atoms with E-state index in [4.69, 9.17) is 4.42 Å². The third-order valence-corrected chi connectivity index (χ3v) is 5.46. The first-order chi connectivity index (χ1) is 14.0. The number of aryl methyl sites for hydroxylation is 1. The second-order valence-electron chi connectivity index (χ2n) is 7.51. The van der Waals surface area contributed by atoms with Crippen molar-refractivity contribution in [3.8, 4) is 5.75 Å². The van der Waals surface area contributed by atoms with E-state index in [2.05, 4.69) is 22.3 Å². The number of Topliss-reactive ketones (excluding diaryl/α,β-unsaturated/α-hetero) is 1. The van der Waals surface area contributed by atoms with Crippen LogP contribution in [0, 0.1) is 6.92 Å². The van der Waals surface area contributed by atoms with Gasteiger partial charge in [0.1, 0.15) is 16.9 Å². The van der Waals surface area contributed by atoms with E-state index in [-0.39, 0.29) is 35.1 Å². The Morgan fingerprint density at radius 3 is 2.83 bits per heavy atom. The van der Waals surface area contributed by atoms with Crippen LogP contribution in [0.15, 0.2) is 57.7 Å². The van der Waals surface area contributed by atoms with E-state index >= 15 is 0 Å². The lowest BCUT2D eigenvalue weighted by Gasteiger charge is -2.33. The predicted octanol–water partition coefficient (Wildman–Crippen LogP) is 3.03. The fourth-order valence-corrected chi connectivity index (χ4v) is 3.89. The van der Waals surface area contributed by atoms with E-state index in [1.165, 1.54) is 11.6 Å². The summed E-state index contributed by atoms with van der Waals surface area (Å²) >= 11 is 0. The molecule has 6 nitrogen and oxygen atoms in total. The van der Waals surface area contributed by atoms with E-state index in [1.807, 2.05) is 18.2 Å². The Bertz CT molecular complexity index is 1090. The maximum Gasteiger partial charge on any atom is 0.347 e. The normalized spacial score (nSPS) is 17.5. The molecular weight excluding hydrogens is 368 g/mol. The van der Waals surface area contributed by atoms with Crippen molar-refractivity contribution < 1.29 is 14.3 Å². The monoisotopic (exact) mass is 392 g/mol. The second-order valence-corrected chi connectivity index (χ2v) is 7.51. The summed E-state index contributed by atoms with van der Waals surface area (Å²) in [4.78, 5) is 27.3. The molecule has 2 heterocycles. The average Bonchev–Trinajstić information content (AvgIpc) is 2.72. The number of benzene rings is 2. The lowest BCUT2D eigenvalue weighted by Crippen LogP contribution is -2.46. The van der Waals surface area contributed by atoms with Gasteiger partial charge in [-0.2, -0.15) is 0 Å². The molecular formula is C23H24N2O4. The van der Waals surface area contributed by atoms with Gasteiger partial charge in [-0.05, 0) is 30.2 Å². The Hall–Kier alpha value is -2.96. The first kappa shape index (κ1) is 19.4. The van der Waals surface area contributed by atoms with Crippen molar-refractivity contribution in [3.63, 3.8) is 0 Å². The highest BCUT2D eigenvalue weighted by Crippen LogP contribution is 2.24. The standard InChI is InChI=1S/C23H24N2O4/c1-15-11-17(26)12-22-18(15)13-19(23(28)29-22)21(27)7-9-25-10-8-24-20(14-25)16-5-3-2-4-6-16/h2-6,11-13,20,24,26H,7-10,14H2,1H3. The average molecular weight is 392 g/mol. The van der Waals surface area contributed by atoms with Crippen LogP contribution in [-0.2, 0) is 0 Å². The number of ketones is 1. The Labute approximate surface area is 168 Å². The molecule has 0 aliphatic carbocycles. The predicted molar refractivity (Wildman–Crippen MR) is 111 cm³/mol. The Kier molecular flexibility index (Phi) is 5.47. The van der Waals surface area contributed by atoms with Crippen LogP contribution in [-0.4, -0.2) is 42.0 Å². The minimum Gasteiger partial charge on any atom is -0.508 e. The highest BCUT2D eigenvalue weighted by Gasteiger charge is 2.22. The van der Waals surface area contributed by atoms with Gasteiger partial charge in [0.25, 0.3) is 0 Å². The number of piperazine rings is 1. The molecule has 2 aromatic carbocycles. The summed E-state index contributed by atoms with van der Waals surface area (Å²) in [6.07, 6.45) is 0.259. The Balaban J connectivity index is 1.46. The zero-order valence-electron chi connectivity index (χ0n) is 16.4. The van der Waals surface area contributed by atoms with Gasteiger partial charge in [0.2, 0.25) is 0 Å². The molecule has 1 aromatic heterocycles. The molecule has 1 saturated heterocycles. The number of hydrogen-bond acceptors (Lipinski definition) is 6. The molecule has 4 rings (SSSR count). The summed E-state index contributed by atoms with van der Waals surface area (Å²) in [5.41, 5.74) is 1.69. The molecule has 1 unspecified atom stereocenters. The summed E-state index contributed by atoms with van der Waals surface area (Å²) in [7, 11) is 0. The second kappa shape index (κ2) is 8.19. The van der Waals surface area contributed by atoms with Gasteiger partial charge < -0.3 is 14.8 Å². The fourth-order valence-electron chi connectivity index (χ4n) is 3.89. The van der Waals surface area contributed by atoms with Gasteiger partial charge in [0.15, 0.2) is 5.78 Å². The fraction of sp³-hybridized carbons (Fsp3) is 0.304. The van der Waals surface area contributed by atoms with E-state index in [0.717, 1.165) is 25.2 Å². The Morgan fingerprint density at radius 2 is 2.03 bits per heavy atom. The first-order valence-electron chi connectivity index (χ1n) is 9.82. The minimum atomic E-state index is -0.657. The number of phenols is 1. The summed E-state index contributed by atoms with van der Waals surface area (Å²) in [6.45, 7) is 4.94. The molecule has 0 bridgehead atoms. The number of aromatic hydroxyl groups is 1.